The van der Waals surface area contributed by atoms with E-state index in [0.717, 1.165) is 11.1 Å². The molecule has 2 N–H and O–H groups in total. The Kier molecular flexibility index (Phi) is 3.38. The van der Waals surface area contributed by atoms with Gasteiger partial charge in [0, 0.05) is 0 Å². The molecule has 1 aromatic carbocycles. The van der Waals surface area contributed by atoms with Gasteiger partial charge < -0.3 is 5.73 Å². The highest BCUT2D eigenvalue weighted by molar-refractivity contribution is 5.82. The number of nitrogens with two attached hydrogens (primary N) is 1. The maximum atomic E-state index is 11.0. The van der Waals surface area contributed by atoms with E-state index in [2.05, 4.69) is 6.07 Å². The standard InChI is InChI=1S/C11H12N2O/c1-8(14)11(13)10-4-2-3-9(7-10)5-6-12/h2-4,7,11H,5,13H2,1H3. The summed E-state index contributed by atoms with van der Waals surface area (Å²) in [6, 6.07) is 8.73. The Bertz CT molecular complexity index is 379. The van der Waals surface area contributed by atoms with Crippen LogP contribution in [-0.4, -0.2) is 5.78 Å². The van der Waals surface area contributed by atoms with Gasteiger partial charge in [-0.15, -0.1) is 0 Å². The number of nitrogens with zero attached hydrogens (tertiary/aromatic N) is 1. The summed E-state index contributed by atoms with van der Waals surface area (Å²) in [4.78, 5) is 11.0. The van der Waals surface area contributed by atoms with E-state index in [1.165, 1.54) is 6.92 Å². The van der Waals surface area contributed by atoms with Crippen LogP contribution in [0.2, 0.25) is 0 Å². The number of carbonyl (C=O) groups excluding carboxylic acids is 1. The molecule has 1 atom stereocenters. The molecule has 3 nitrogen and oxygen atoms in total. The zero-order chi connectivity index (χ0) is 10.6. The van der Waals surface area contributed by atoms with Gasteiger partial charge in [-0.3, -0.25) is 4.79 Å². The van der Waals surface area contributed by atoms with Gasteiger partial charge in [0.2, 0.25) is 0 Å². The van der Waals surface area contributed by atoms with Crippen molar-refractivity contribution in [1.29, 1.82) is 5.26 Å². The molecule has 0 aliphatic heterocycles. The second kappa shape index (κ2) is 4.54. The molecule has 0 saturated heterocycles. The van der Waals surface area contributed by atoms with E-state index >= 15 is 0 Å². The van der Waals surface area contributed by atoms with Crippen LogP contribution in [0.4, 0.5) is 0 Å². The Hall–Kier alpha value is -1.66. The van der Waals surface area contributed by atoms with Crippen molar-refractivity contribution in [3.63, 3.8) is 0 Å². The third-order valence-electron chi connectivity index (χ3n) is 2.03. The lowest BCUT2D eigenvalue weighted by Crippen LogP contribution is -2.18. The lowest BCUT2D eigenvalue weighted by atomic mass is 10.0. The van der Waals surface area contributed by atoms with Crippen molar-refractivity contribution in [2.24, 2.45) is 5.73 Å². The molecular formula is C11H12N2O. The van der Waals surface area contributed by atoms with Crippen LogP contribution in [0, 0.1) is 11.3 Å². The van der Waals surface area contributed by atoms with E-state index < -0.39 is 6.04 Å². The molecule has 1 aromatic rings. The first-order valence-electron chi connectivity index (χ1n) is 4.37. The minimum Gasteiger partial charge on any atom is -0.318 e. The molecule has 72 valence electrons. The van der Waals surface area contributed by atoms with Crippen LogP contribution in [0.15, 0.2) is 24.3 Å². The first kappa shape index (κ1) is 10.4. The average molecular weight is 188 g/mol. The molecule has 1 rings (SSSR count). The minimum absolute atomic E-state index is 0.0703. The number of hydrogen-bond donors (Lipinski definition) is 1. The van der Waals surface area contributed by atoms with E-state index in [9.17, 15) is 4.79 Å². The highest BCUT2D eigenvalue weighted by Crippen LogP contribution is 2.13. The van der Waals surface area contributed by atoms with Crippen molar-refractivity contribution < 1.29 is 4.79 Å². The number of nitriles is 1. The van der Waals surface area contributed by atoms with Gasteiger partial charge in [-0.25, -0.2) is 0 Å². The van der Waals surface area contributed by atoms with Gasteiger partial charge in [-0.1, -0.05) is 24.3 Å². The summed E-state index contributed by atoms with van der Waals surface area (Å²) < 4.78 is 0. The third-order valence-corrected chi connectivity index (χ3v) is 2.03. The van der Waals surface area contributed by atoms with Gasteiger partial charge >= 0.3 is 0 Å². The summed E-state index contributed by atoms with van der Waals surface area (Å²) in [6.07, 6.45) is 0.346. The van der Waals surface area contributed by atoms with Crippen LogP contribution < -0.4 is 5.73 Å². The third kappa shape index (κ3) is 2.41. The second-order valence-corrected chi connectivity index (χ2v) is 3.17. The smallest absolute Gasteiger partial charge is 0.150 e. The average Bonchev–Trinajstić information content (AvgIpc) is 2.17. The summed E-state index contributed by atoms with van der Waals surface area (Å²) in [5, 5.41) is 8.51. The van der Waals surface area contributed by atoms with Gasteiger partial charge in [0.15, 0.2) is 5.78 Å². The maximum Gasteiger partial charge on any atom is 0.150 e. The molecule has 0 saturated carbocycles. The van der Waals surface area contributed by atoms with Crippen LogP contribution in [0.25, 0.3) is 0 Å². The topological polar surface area (TPSA) is 66.9 Å². The number of rotatable bonds is 3. The predicted molar refractivity (Wildman–Crippen MR) is 53.4 cm³/mol. The fourth-order valence-electron chi connectivity index (χ4n) is 1.22. The van der Waals surface area contributed by atoms with Crippen LogP contribution in [-0.2, 0) is 11.2 Å². The maximum absolute atomic E-state index is 11.0. The molecule has 0 aromatic heterocycles. The molecule has 0 aliphatic rings. The lowest BCUT2D eigenvalue weighted by molar-refractivity contribution is -0.118. The number of Topliss-reactive ketones (excluding diaryl/α,β-unsaturated/α-hetero) is 1. The van der Waals surface area contributed by atoms with Crippen LogP contribution >= 0.6 is 0 Å². The Balaban J connectivity index is 2.94. The zero-order valence-corrected chi connectivity index (χ0v) is 8.03. The summed E-state index contributed by atoms with van der Waals surface area (Å²) in [7, 11) is 0. The van der Waals surface area contributed by atoms with Crippen molar-refractivity contribution >= 4 is 5.78 Å². The molecule has 0 fully saturated rings. The monoisotopic (exact) mass is 188 g/mol. The molecule has 0 bridgehead atoms. The molecule has 14 heavy (non-hydrogen) atoms. The first-order valence-corrected chi connectivity index (χ1v) is 4.37. The summed E-state index contributed by atoms with van der Waals surface area (Å²) in [5.41, 5.74) is 7.33. The fourth-order valence-corrected chi connectivity index (χ4v) is 1.22. The SMILES string of the molecule is CC(=O)C(N)c1cccc(CC#N)c1. The molecule has 0 radical (unpaired) electrons. The lowest BCUT2D eigenvalue weighted by Gasteiger charge is -2.08. The van der Waals surface area contributed by atoms with E-state index in [1.54, 1.807) is 12.1 Å². The predicted octanol–water partition coefficient (Wildman–Crippen LogP) is 1.34. The van der Waals surface area contributed by atoms with Gasteiger partial charge in [0.1, 0.15) is 0 Å². The van der Waals surface area contributed by atoms with E-state index in [4.69, 9.17) is 11.0 Å². The van der Waals surface area contributed by atoms with E-state index in [1.807, 2.05) is 12.1 Å². The molecule has 1 unspecified atom stereocenters. The Morgan fingerprint density at radius 1 is 1.64 bits per heavy atom. The van der Waals surface area contributed by atoms with Crippen molar-refractivity contribution in [2.45, 2.75) is 19.4 Å². The fraction of sp³-hybridized carbons (Fsp3) is 0.273. The number of carbonyl (C=O) groups is 1. The minimum atomic E-state index is -0.575. The summed E-state index contributed by atoms with van der Waals surface area (Å²) in [5.74, 6) is -0.0703. The van der Waals surface area contributed by atoms with Crippen molar-refractivity contribution in [2.75, 3.05) is 0 Å². The molecular weight excluding hydrogens is 176 g/mol. The van der Waals surface area contributed by atoms with Crippen LogP contribution in [0.1, 0.15) is 24.1 Å². The Morgan fingerprint density at radius 2 is 2.36 bits per heavy atom. The normalized spacial score (nSPS) is 11.8. The van der Waals surface area contributed by atoms with E-state index in [-0.39, 0.29) is 5.78 Å². The molecule has 0 aliphatic carbocycles. The quantitative estimate of drug-likeness (QED) is 0.778. The first-order chi connectivity index (χ1) is 6.65. The number of ketones is 1. The van der Waals surface area contributed by atoms with Crippen molar-refractivity contribution in [3.05, 3.63) is 35.4 Å². The van der Waals surface area contributed by atoms with Gasteiger partial charge in [0.25, 0.3) is 0 Å². The van der Waals surface area contributed by atoms with Gasteiger partial charge in [0.05, 0.1) is 18.5 Å². The second-order valence-electron chi connectivity index (χ2n) is 3.17. The highest BCUT2D eigenvalue weighted by atomic mass is 16.1. The van der Waals surface area contributed by atoms with Gasteiger partial charge in [-0.05, 0) is 18.1 Å². The van der Waals surface area contributed by atoms with Crippen LogP contribution in [0.5, 0.6) is 0 Å². The van der Waals surface area contributed by atoms with Crippen molar-refractivity contribution in [1.82, 2.24) is 0 Å². The number of hydrogen-bond acceptors (Lipinski definition) is 3. The Labute approximate surface area is 83.2 Å². The zero-order valence-electron chi connectivity index (χ0n) is 8.03. The summed E-state index contributed by atoms with van der Waals surface area (Å²) >= 11 is 0. The van der Waals surface area contributed by atoms with E-state index in [0.29, 0.717) is 6.42 Å². The molecule has 3 heteroatoms. The molecule has 0 heterocycles. The van der Waals surface area contributed by atoms with Crippen LogP contribution in [0.3, 0.4) is 0 Å². The molecule has 0 spiro atoms. The highest BCUT2D eigenvalue weighted by Gasteiger charge is 2.10. The largest absolute Gasteiger partial charge is 0.318 e. The van der Waals surface area contributed by atoms with Gasteiger partial charge in [-0.2, -0.15) is 5.26 Å². The summed E-state index contributed by atoms with van der Waals surface area (Å²) in [6.45, 7) is 1.46. The van der Waals surface area contributed by atoms with Crippen molar-refractivity contribution in [3.8, 4) is 6.07 Å². The number of benzene rings is 1. The molecule has 0 amide bonds. The Morgan fingerprint density at radius 3 is 2.93 bits per heavy atom.